The molecule has 0 aromatic carbocycles. The van der Waals surface area contributed by atoms with Crippen LogP contribution in [0.3, 0.4) is 0 Å². The van der Waals surface area contributed by atoms with E-state index in [4.69, 9.17) is 0 Å². The van der Waals surface area contributed by atoms with Gasteiger partial charge >= 0.3 is 0 Å². The monoisotopic (exact) mass is 212 g/mol. The summed E-state index contributed by atoms with van der Waals surface area (Å²) < 4.78 is 0. The first-order chi connectivity index (χ1) is 6.95. The highest BCUT2D eigenvalue weighted by molar-refractivity contribution is 5.93. The van der Waals surface area contributed by atoms with Crippen molar-refractivity contribution in [2.45, 2.75) is 27.7 Å². The molecule has 3 heteroatoms. The predicted octanol–water partition coefficient (Wildman–Crippen LogP) is 1.45. The van der Waals surface area contributed by atoms with E-state index in [2.05, 4.69) is 17.3 Å². The lowest BCUT2D eigenvalue weighted by Gasteiger charge is -2.21. The van der Waals surface area contributed by atoms with Crippen molar-refractivity contribution in [3.8, 4) is 0 Å². The Kier molecular flexibility index (Phi) is 7.26. The zero-order valence-electron chi connectivity index (χ0n) is 10.7. The fraction of sp³-hybridized carbons (Fsp3) is 0.750. The van der Waals surface area contributed by atoms with Gasteiger partial charge in [0.15, 0.2) is 5.78 Å². The van der Waals surface area contributed by atoms with Crippen LogP contribution < -0.4 is 5.32 Å². The molecule has 0 amide bonds. The number of rotatable bonds is 1. The van der Waals surface area contributed by atoms with Crippen LogP contribution in [0.2, 0.25) is 0 Å². The van der Waals surface area contributed by atoms with Gasteiger partial charge in [0.05, 0.1) is 0 Å². The standard InChI is InChI=1S/C7H12O.C5H12N2/c1-5(2)6(3)7(4)8;1-7-4-2-6-3-5-7/h1-4H3;6H,2-5H2,1H3. The van der Waals surface area contributed by atoms with Crippen molar-refractivity contribution >= 4 is 5.78 Å². The van der Waals surface area contributed by atoms with E-state index in [1.54, 1.807) is 6.92 Å². The highest BCUT2D eigenvalue weighted by Crippen LogP contribution is 2.01. The molecule has 0 spiro atoms. The maximum Gasteiger partial charge on any atom is 0.155 e. The van der Waals surface area contributed by atoms with Crippen LogP contribution >= 0.6 is 0 Å². The summed E-state index contributed by atoms with van der Waals surface area (Å²) in [4.78, 5) is 12.9. The van der Waals surface area contributed by atoms with Crippen LogP contribution in [-0.4, -0.2) is 43.9 Å². The molecular weight excluding hydrogens is 188 g/mol. The lowest BCUT2D eigenvalue weighted by molar-refractivity contribution is -0.113. The molecule has 1 heterocycles. The summed E-state index contributed by atoms with van der Waals surface area (Å²) >= 11 is 0. The van der Waals surface area contributed by atoms with Crippen LogP contribution in [0.1, 0.15) is 27.7 Å². The Morgan fingerprint density at radius 1 is 1.07 bits per heavy atom. The van der Waals surface area contributed by atoms with Crippen LogP contribution in [-0.2, 0) is 4.79 Å². The van der Waals surface area contributed by atoms with E-state index < -0.39 is 0 Å². The SMILES string of the molecule is CC(=O)C(C)=C(C)C.CN1CCNCC1. The molecule has 1 aliphatic rings. The highest BCUT2D eigenvalue weighted by Gasteiger charge is 2.01. The molecule has 1 fully saturated rings. The van der Waals surface area contributed by atoms with Crippen molar-refractivity contribution in [3.05, 3.63) is 11.1 Å². The van der Waals surface area contributed by atoms with Gasteiger partial charge in [-0.25, -0.2) is 0 Å². The molecule has 0 aliphatic carbocycles. The average Bonchev–Trinajstić information content (AvgIpc) is 2.18. The van der Waals surface area contributed by atoms with Gasteiger partial charge in [0.25, 0.3) is 0 Å². The fourth-order valence-corrected chi connectivity index (χ4v) is 1.13. The zero-order valence-corrected chi connectivity index (χ0v) is 10.7. The molecule has 1 saturated heterocycles. The predicted molar refractivity (Wildman–Crippen MR) is 65.1 cm³/mol. The number of carbonyl (C=O) groups excluding carboxylic acids is 1. The molecule has 0 bridgehead atoms. The van der Waals surface area contributed by atoms with Crippen LogP contribution in [0.4, 0.5) is 0 Å². The summed E-state index contributed by atoms with van der Waals surface area (Å²) in [7, 11) is 2.15. The van der Waals surface area contributed by atoms with E-state index in [9.17, 15) is 4.79 Å². The Balaban J connectivity index is 0.000000262. The molecule has 1 aliphatic heterocycles. The molecular formula is C12H24N2O. The summed E-state index contributed by atoms with van der Waals surface area (Å²) in [6, 6.07) is 0. The maximum absolute atomic E-state index is 10.5. The topological polar surface area (TPSA) is 32.3 Å². The number of Topliss-reactive ketones (excluding diaryl/α,β-unsaturated/α-hetero) is 1. The maximum atomic E-state index is 10.5. The first kappa shape index (κ1) is 14.3. The van der Waals surface area contributed by atoms with Gasteiger partial charge in [-0.2, -0.15) is 0 Å². The summed E-state index contributed by atoms with van der Waals surface area (Å²) in [5, 5.41) is 3.27. The first-order valence-electron chi connectivity index (χ1n) is 5.49. The molecule has 0 unspecified atom stereocenters. The first-order valence-corrected chi connectivity index (χ1v) is 5.49. The average molecular weight is 212 g/mol. The van der Waals surface area contributed by atoms with E-state index in [0.29, 0.717) is 0 Å². The van der Waals surface area contributed by atoms with E-state index >= 15 is 0 Å². The Bertz CT molecular complexity index is 224. The Labute approximate surface area is 93.5 Å². The van der Waals surface area contributed by atoms with Gasteiger partial charge in [-0.05, 0) is 40.3 Å². The molecule has 88 valence electrons. The third-order valence-corrected chi connectivity index (χ3v) is 2.62. The number of nitrogens with one attached hydrogen (secondary N) is 1. The third kappa shape index (κ3) is 7.28. The fourth-order valence-electron chi connectivity index (χ4n) is 1.13. The largest absolute Gasteiger partial charge is 0.314 e. The van der Waals surface area contributed by atoms with Crippen LogP contribution in [0.25, 0.3) is 0 Å². The second kappa shape index (κ2) is 7.60. The van der Waals surface area contributed by atoms with Crippen molar-refractivity contribution < 1.29 is 4.79 Å². The van der Waals surface area contributed by atoms with Crippen LogP contribution in [0.15, 0.2) is 11.1 Å². The lowest BCUT2D eigenvalue weighted by Crippen LogP contribution is -2.40. The molecule has 0 radical (unpaired) electrons. The molecule has 0 aromatic rings. The number of hydrogen-bond acceptors (Lipinski definition) is 3. The highest BCUT2D eigenvalue weighted by atomic mass is 16.1. The Hall–Kier alpha value is -0.670. The normalized spacial score (nSPS) is 16.3. The number of carbonyl (C=O) groups is 1. The van der Waals surface area contributed by atoms with Crippen molar-refractivity contribution in [2.24, 2.45) is 0 Å². The van der Waals surface area contributed by atoms with Gasteiger partial charge in [-0.3, -0.25) is 4.79 Å². The van der Waals surface area contributed by atoms with Gasteiger partial charge < -0.3 is 10.2 Å². The van der Waals surface area contributed by atoms with Crippen LogP contribution in [0, 0.1) is 0 Å². The summed E-state index contributed by atoms with van der Waals surface area (Å²) in [5.41, 5.74) is 1.99. The minimum atomic E-state index is 0.171. The summed E-state index contributed by atoms with van der Waals surface area (Å²) in [6.07, 6.45) is 0. The van der Waals surface area contributed by atoms with Gasteiger partial charge in [0.1, 0.15) is 0 Å². The Morgan fingerprint density at radius 3 is 1.67 bits per heavy atom. The van der Waals surface area contributed by atoms with Crippen molar-refractivity contribution in [1.82, 2.24) is 10.2 Å². The summed E-state index contributed by atoms with van der Waals surface area (Å²) in [5.74, 6) is 0.171. The summed E-state index contributed by atoms with van der Waals surface area (Å²) in [6.45, 7) is 12.1. The van der Waals surface area contributed by atoms with E-state index in [-0.39, 0.29) is 5.78 Å². The van der Waals surface area contributed by atoms with Crippen molar-refractivity contribution in [2.75, 3.05) is 33.2 Å². The number of likely N-dealkylation sites (N-methyl/N-ethyl adjacent to an activating group) is 1. The number of piperazine rings is 1. The number of allylic oxidation sites excluding steroid dienone is 2. The second-order valence-electron chi connectivity index (χ2n) is 4.23. The quantitative estimate of drug-likeness (QED) is 0.668. The van der Waals surface area contributed by atoms with Gasteiger partial charge in [0, 0.05) is 26.2 Å². The zero-order chi connectivity index (χ0) is 11.8. The third-order valence-electron chi connectivity index (χ3n) is 2.62. The second-order valence-corrected chi connectivity index (χ2v) is 4.23. The smallest absolute Gasteiger partial charge is 0.155 e. The van der Waals surface area contributed by atoms with E-state index in [1.165, 1.54) is 13.1 Å². The molecule has 1 N–H and O–H groups in total. The molecule has 1 rings (SSSR count). The number of hydrogen-bond donors (Lipinski definition) is 1. The number of ketones is 1. The molecule has 15 heavy (non-hydrogen) atoms. The van der Waals surface area contributed by atoms with E-state index in [0.717, 1.165) is 24.2 Å². The van der Waals surface area contributed by atoms with Crippen LogP contribution in [0.5, 0.6) is 0 Å². The van der Waals surface area contributed by atoms with Gasteiger partial charge in [-0.15, -0.1) is 0 Å². The molecule has 0 saturated carbocycles. The molecule has 0 aromatic heterocycles. The van der Waals surface area contributed by atoms with Crippen molar-refractivity contribution in [3.63, 3.8) is 0 Å². The lowest BCUT2D eigenvalue weighted by atomic mass is 10.1. The van der Waals surface area contributed by atoms with Gasteiger partial charge in [-0.1, -0.05) is 5.57 Å². The Morgan fingerprint density at radius 2 is 1.53 bits per heavy atom. The number of nitrogens with zero attached hydrogens (tertiary/aromatic N) is 1. The molecule has 3 nitrogen and oxygen atoms in total. The van der Waals surface area contributed by atoms with E-state index in [1.807, 2.05) is 20.8 Å². The van der Waals surface area contributed by atoms with Gasteiger partial charge in [0.2, 0.25) is 0 Å². The molecule has 0 atom stereocenters. The minimum Gasteiger partial charge on any atom is -0.314 e. The minimum absolute atomic E-state index is 0.171. The van der Waals surface area contributed by atoms with Crippen molar-refractivity contribution in [1.29, 1.82) is 0 Å².